The molecule has 0 aliphatic carbocycles. The molecule has 0 unspecified atom stereocenters. The lowest BCUT2D eigenvalue weighted by molar-refractivity contribution is -0.140. The van der Waals surface area contributed by atoms with E-state index in [-0.39, 0.29) is 18.4 Å². The van der Waals surface area contributed by atoms with Crippen LogP contribution in [0.2, 0.25) is 0 Å². The smallest absolute Gasteiger partial charge is 0.239 e. The second kappa shape index (κ2) is 7.46. The molecular weight excluding hydrogens is 320 g/mol. The van der Waals surface area contributed by atoms with Crippen LogP contribution in [-0.4, -0.2) is 40.0 Å². The van der Waals surface area contributed by atoms with Gasteiger partial charge in [-0.3, -0.25) is 9.59 Å². The minimum atomic E-state index is -0.645. The lowest BCUT2D eigenvalue weighted by atomic mass is 10.1. The number of carbonyl (C=O) groups excluding carboxylic acids is 2. The van der Waals surface area contributed by atoms with Gasteiger partial charge in [0.05, 0.1) is 6.54 Å². The maximum absolute atomic E-state index is 12.8. The standard InChI is InChI=1S/C18H22N4O3/c1-3-15-19-20-16(25-15)12-21(4-2)17(23)14-10-11-22(18(14)24)13-8-6-5-7-9-13/h5-9,14H,3-4,10-12H2,1-2H3/t14-/m0/s1. The molecule has 132 valence electrons. The van der Waals surface area contributed by atoms with E-state index in [4.69, 9.17) is 4.42 Å². The van der Waals surface area contributed by atoms with E-state index in [0.29, 0.717) is 37.7 Å². The van der Waals surface area contributed by atoms with Crippen molar-refractivity contribution in [3.63, 3.8) is 0 Å². The highest BCUT2D eigenvalue weighted by atomic mass is 16.4. The maximum Gasteiger partial charge on any atom is 0.239 e. The number of benzene rings is 1. The largest absolute Gasteiger partial charge is 0.423 e. The number of anilines is 1. The van der Waals surface area contributed by atoms with Gasteiger partial charge in [-0.15, -0.1) is 10.2 Å². The van der Waals surface area contributed by atoms with Crippen LogP contribution in [0.25, 0.3) is 0 Å². The molecule has 0 radical (unpaired) electrons. The first-order chi connectivity index (χ1) is 12.1. The molecule has 7 heteroatoms. The van der Waals surface area contributed by atoms with Crippen LogP contribution in [0.1, 0.15) is 32.0 Å². The fourth-order valence-corrected chi connectivity index (χ4v) is 3.00. The molecule has 1 fully saturated rings. The van der Waals surface area contributed by atoms with Crippen molar-refractivity contribution in [3.05, 3.63) is 42.1 Å². The third-order valence-corrected chi connectivity index (χ3v) is 4.40. The zero-order valence-electron chi connectivity index (χ0n) is 14.5. The topological polar surface area (TPSA) is 79.5 Å². The molecule has 1 aliphatic rings. The summed E-state index contributed by atoms with van der Waals surface area (Å²) in [5.74, 6) is -0.0200. The summed E-state index contributed by atoms with van der Waals surface area (Å²) in [6.45, 7) is 5.07. The average Bonchev–Trinajstić information content (AvgIpc) is 3.26. The first-order valence-corrected chi connectivity index (χ1v) is 8.60. The highest BCUT2D eigenvalue weighted by molar-refractivity contribution is 6.09. The fraction of sp³-hybridized carbons (Fsp3) is 0.444. The molecule has 0 spiro atoms. The van der Waals surface area contributed by atoms with Crippen molar-refractivity contribution in [2.75, 3.05) is 18.0 Å². The van der Waals surface area contributed by atoms with Crippen LogP contribution >= 0.6 is 0 Å². The van der Waals surface area contributed by atoms with E-state index in [2.05, 4.69) is 10.2 Å². The predicted molar refractivity (Wildman–Crippen MR) is 91.7 cm³/mol. The normalized spacial score (nSPS) is 17.1. The number of amides is 2. The van der Waals surface area contributed by atoms with Gasteiger partial charge in [0.1, 0.15) is 5.92 Å². The second-order valence-electron chi connectivity index (χ2n) is 5.96. The quantitative estimate of drug-likeness (QED) is 0.751. The zero-order valence-corrected chi connectivity index (χ0v) is 14.5. The Kier molecular flexibility index (Phi) is 5.11. The SMILES string of the molecule is CCc1nnc(CN(CC)C(=O)[C@@H]2CCN(c3ccccc3)C2=O)o1. The number of rotatable bonds is 6. The molecule has 25 heavy (non-hydrogen) atoms. The summed E-state index contributed by atoms with van der Waals surface area (Å²) in [5.41, 5.74) is 0.829. The Morgan fingerprint density at radius 1 is 1.24 bits per heavy atom. The minimum Gasteiger partial charge on any atom is -0.423 e. The summed E-state index contributed by atoms with van der Waals surface area (Å²) >= 11 is 0. The lowest BCUT2D eigenvalue weighted by Crippen LogP contribution is -2.39. The van der Waals surface area contributed by atoms with Gasteiger partial charge >= 0.3 is 0 Å². The highest BCUT2D eigenvalue weighted by Gasteiger charge is 2.39. The Balaban J connectivity index is 1.69. The van der Waals surface area contributed by atoms with E-state index in [1.807, 2.05) is 44.2 Å². The first kappa shape index (κ1) is 17.1. The summed E-state index contributed by atoms with van der Waals surface area (Å²) in [6.07, 6.45) is 1.17. The van der Waals surface area contributed by atoms with Gasteiger partial charge in [-0.25, -0.2) is 0 Å². The van der Waals surface area contributed by atoms with Crippen molar-refractivity contribution in [3.8, 4) is 0 Å². The van der Waals surface area contributed by atoms with Crippen LogP contribution in [0, 0.1) is 5.92 Å². The number of para-hydroxylation sites is 1. The lowest BCUT2D eigenvalue weighted by Gasteiger charge is -2.22. The Morgan fingerprint density at radius 2 is 1.96 bits per heavy atom. The molecule has 2 aromatic rings. The number of nitrogens with zero attached hydrogens (tertiary/aromatic N) is 4. The zero-order chi connectivity index (χ0) is 17.8. The van der Waals surface area contributed by atoms with Crippen LogP contribution < -0.4 is 4.90 Å². The molecule has 0 N–H and O–H groups in total. The van der Waals surface area contributed by atoms with Crippen molar-refractivity contribution in [1.29, 1.82) is 0 Å². The molecule has 1 aromatic heterocycles. The van der Waals surface area contributed by atoms with Crippen LogP contribution in [-0.2, 0) is 22.6 Å². The van der Waals surface area contributed by atoms with Gasteiger partial charge in [-0.05, 0) is 25.5 Å². The van der Waals surface area contributed by atoms with Crippen molar-refractivity contribution in [1.82, 2.24) is 15.1 Å². The van der Waals surface area contributed by atoms with Crippen molar-refractivity contribution >= 4 is 17.5 Å². The Hall–Kier alpha value is -2.70. The molecule has 2 amide bonds. The molecule has 1 aromatic carbocycles. The van der Waals surface area contributed by atoms with E-state index in [9.17, 15) is 9.59 Å². The van der Waals surface area contributed by atoms with E-state index in [1.54, 1.807) is 9.80 Å². The number of aryl methyl sites for hydroxylation is 1. The van der Waals surface area contributed by atoms with E-state index < -0.39 is 5.92 Å². The minimum absolute atomic E-state index is 0.144. The molecule has 0 bridgehead atoms. The van der Waals surface area contributed by atoms with Gasteiger partial charge in [0.2, 0.25) is 23.6 Å². The van der Waals surface area contributed by atoms with Crippen LogP contribution in [0.4, 0.5) is 5.69 Å². The van der Waals surface area contributed by atoms with Crippen LogP contribution in [0.15, 0.2) is 34.7 Å². The van der Waals surface area contributed by atoms with E-state index in [0.717, 1.165) is 5.69 Å². The number of carbonyl (C=O) groups is 2. The summed E-state index contributed by atoms with van der Waals surface area (Å²) in [4.78, 5) is 28.8. The van der Waals surface area contributed by atoms with Crippen molar-refractivity contribution in [2.45, 2.75) is 33.2 Å². The van der Waals surface area contributed by atoms with Crippen LogP contribution in [0.3, 0.4) is 0 Å². The van der Waals surface area contributed by atoms with Crippen molar-refractivity contribution < 1.29 is 14.0 Å². The molecular formula is C18H22N4O3. The molecule has 1 atom stereocenters. The molecule has 7 nitrogen and oxygen atoms in total. The summed E-state index contributed by atoms with van der Waals surface area (Å²) in [5, 5.41) is 7.88. The Labute approximate surface area is 146 Å². The molecule has 3 rings (SSSR count). The van der Waals surface area contributed by atoms with Crippen molar-refractivity contribution in [2.24, 2.45) is 5.92 Å². The highest BCUT2D eigenvalue weighted by Crippen LogP contribution is 2.26. The predicted octanol–water partition coefficient (Wildman–Crippen LogP) is 2.03. The van der Waals surface area contributed by atoms with E-state index in [1.165, 1.54) is 0 Å². The number of hydrogen-bond donors (Lipinski definition) is 0. The Bertz CT molecular complexity index is 744. The summed E-state index contributed by atoms with van der Waals surface area (Å²) in [7, 11) is 0. The van der Waals surface area contributed by atoms with Gasteiger partial charge in [0, 0.05) is 25.2 Å². The molecule has 0 saturated carbocycles. The number of aromatic nitrogens is 2. The third kappa shape index (κ3) is 3.55. The third-order valence-electron chi connectivity index (χ3n) is 4.40. The first-order valence-electron chi connectivity index (χ1n) is 8.60. The van der Waals surface area contributed by atoms with Gasteiger partial charge in [0.15, 0.2) is 0 Å². The summed E-state index contributed by atoms with van der Waals surface area (Å²) in [6, 6.07) is 9.44. The summed E-state index contributed by atoms with van der Waals surface area (Å²) < 4.78 is 5.48. The van der Waals surface area contributed by atoms with Gasteiger partial charge in [0.25, 0.3) is 0 Å². The Morgan fingerprint density at radius 3 is 2.60 bits per heavy atom. The maximum atomic E-state index is 12.8. The van der Waals surface area contributed by atoms with Gasteiger partial charge in [-0.1, -0.05) is 25.1 Å². The fourth-order valence-electron chi connectivity index (χ4n) is 3.00. The van der Waals surface area contributed by atoms with Gasteiger partial charge < -0.3 is 14.2 Å². The molecule has 1 aliphatic heterocycles. The second-order valence-corrected chi connectivity index (χ2v) is 5.96. The van der Waals surface area contributed by atoms with Crippen LogP contribution in [0.5, 0.6) is 0 Å². The molecule has 1 saturated heterocycles. The number of hydrogen-bond acceptors (Lipinski definition) is 5. The average molecular weight is 342 g/mol. The van der Waals surface area contributed by atoms with Gasteiger partial charge in [-0.2, -0.15) is 0 Å². The molecule has 2 heterocycles. The monoisotopic (exact) mass is 342 g/mol. The van der Waals surface area contributed by atoms with E-state index >= 15 is 0 Å².